The van der Waals surface area contributed by atoms with Crippen molar-refractivity contribution in [3.8, 4) is 0 Å². The van der Waals surface area contributed by atoms with Crippen molar-refractivity contribution in [3.05, 3.63) is 34.1 Å². The van der Waals surface area contributed by atoms with Crippen LogP contribution in [0.2, 0.25) is 0 Å². The van der Waals surface area contributed by atoms with Gasteiger partial charge in [0.15, 0.2) is 0 Å². The lowest BCUT2D eigenvalue weighted by Gasteiger charge is -2.12. The summed E-state index contributed by atoms with van der Waals surface area (Å²) in [7, 11) is 0. The zero-order valence-corrected chi connectivity index (χ0v) is 11.9. The Bertz CT molecular complexity index is 436. The Morgan fingerprint density at radius 1 is 1.28 bits per heavy atom. The van der Waals surface area contributed by atoms with Crippen molar-refractivity contribution in [2.24, 2.45) is 17.8 Å². The van der Waals surface area contributed by atoms with Gasteiger partial charge >= 0.3 is 0 Å². The van der Waals surface area contributed by atoms with Gasteiger partial charge in [-0.3, -0.25) is 0 Å². The lowest BCUT2D eigenvalue weighted by atomic mass is 10.0. The number of rotatable bonds is 3. The van der Waals surface area contributed by atoms with E-state index in [9.17, 15) is 9.50 Å². The van der Waals surface area contributed by atoms with Gasteiger partial charge in [-0.2, -0.15) is 0 Å². The van der Waals surface area contributed by atoms with Crippen LogP contribution in [-0.4, -0.2) is 11.2 Å². The largest absolute Gasteiger partial charge is 0.392 e. The predicted octanol–water partition coefficient (Wildman–Crippen LogP) is 3.93. The van der Waals surface area contributed by atoms with E-state index in [1.54, 1.807) is 6.07 Å². The quantitative estimate of drug-likeness (QED) is 0.896. The average Bonchev–Trinajstić information content (AvgIpc) is 3.09. The minimum atomic E-state index is -0.309. The SMILES string of the molecule is OC(Cc1cccc(F)c1Br)C1C2CCCCC21. The highest BCUT2D eigenvalue weighted by molar-refractivity contribution is 9.10. The van der Waals surface area contributed by atoms with Crippen LogP contribution in [-0.2, 0) is 6.42 Å². The fraction of sp³-hybridized carbons (Fsp3) is 0.600. The molecule has 0 radical (unpaired) electrons. The molecule has 0 amide bonds. The number of aliphatic hydroxyl groups is 1. The van der Waals surface area contributed by atoms with Gasteiger partial charge in [0, 0.05) is 0 Å². The Balaban J connectivity index is 1.68. The number of halogens is 2. The van der Waals surface area contributed by atoms with Gasteiger partial charge in [0.1, 0.15) is 5.82 Å². The monoisotopic (exact) mass is 312 g/mol. The van der Waals surface area contributed by atoms with Crippen LogP contribution < -0.4 is 0 Å². The van der Waals surface area contributed by atoms with Crippen molar-refractivity contribution in [2.75, 3.05) is 0 Å². The second kappa shape index (κ2) is 4.93. The maximum absolute atomic E-state index is 13.4. The van der Waals surface area contributed by atoms with Crippen molar-refractivity contribution in [3.63, 3.8) is 0 Å². The van der Waals surface area contributed by atoms with Crippen LogP contribution in [0, 0.1) is 23.6 Å². The summed E-state index contributed by atoms with van der Waals surface area (Å²) in [6.45, 7) is 0. The number of fused-ring (bicyclic) bond motifs is 1. The van der Waals surface area contributed by atoms with E-state index in [2.05, 4.69) is 15.9 Å². The summed E-state index contributed by atoms with van der Waals surface area (Å²) in [5.74, 6) is 1.69. The van der Waals surface area contributed by atoms with E-state index >= 15 is 0 Å². The Hall–Kier alpha value is -0.410. The fourth-order valence-corrected chi connectivity index (χ4v) is 4.11. The maximum Gasteiger partial charge on any atom is 0.137 e. The molecule has 3 rings (SSSR count). The van der Waals surface area contributed by atoms with E-state index in [4.69, 9.17) is 0 Å². The summed E-state index contributed by atoms with van der Waals surface area (Å²) in [5, 5.41) is 10.3. The normalized spacial score (nSPS) is 31.8. The molecule has 18 heavy (non-hydrogen) atoms. The molecule has 3 heteroatoms. The molecule has 0 spiro atoms. The molecule has 1 aromatic rings. The lowest BCUT2D eigenvalue weighted by Crippen LogP contribution is -2.15. The molecule has 2 aliphatic rings. The number of aliphatic hydroxyl groups excluding tert-OH is 1. The van der Waals surface area contributed by atoms with Crippen LogP contribution in [0.1, 0.15) is 31.2 Å². The first-order valence-corrected chi connectivity index (χ1v) is 7.58. The second-order valence-electron chi connectivity index (χ2n) is 5.67. The van der Waals surface area contributed by atoms with Gasteiger partial charge in [-0.15, -0.1) is 0 Å². The van der Waals surface area contributed by atoms with Crippen LogP contribution in [0.3, 0.4) is 0 Å². The fourth-order valence-electron chi connectivity index (χ4n) is 3.69. The van der Waals surface area contributed by atoms with Gasteiger partial charge in [0.25, 0.3) is 0 Å². The molecule has 3 unspecified atom stereocenters. The Labute approximate surface area is 116 Å². The van der Waals surface area contributed by atoms with E-state index < -0.39 is 0 Å². The third-order valence-electron chi connectivity index (χ3n) is 4.63. The average molecular weight is 313 g/mol. The van der Waals surface area contributed by atoms with Gasteiger partial charge in [0.05, 0.1) is 10.6 Å². The van der Waals surface area contributed by atoms with E-state index in [1.165, 1.54) is 31.7 Å². The Morgan fingerprint density at radius 3 is 2.61 bits per heavy atom. The predicted molar refractivity (Wildman–Crippen MR) is 72.7 cm³/mol. The van der Waals surface area contributed by atoms with E-state index in [0.717, 1.165) is 17.4 Å². The molecule has 1 N–H and O–H groups in total. The van der Waals surface area contributed by atoms with Crippen molar-refractivity contribution < 1.29 is 9.50 Å². The molecule has 2 fully saturated rings. The minimum Gasteiger partial charge on any atom is -0.392 e. The molecular weight excluding hydrogens is 295 g/mol. The number of benzene rings is 1. The molecule has 3 atom stereocenters. The summed E-state index contributed by atoms with van der Waals surface area (Å²) >= 11 is 3.27. The van der Waals surface area contributed by atoms with Crippen LogP contribution in [0.15, 0.2) is 22.7 Å². The van der Waals surface area contributed by atoms with Crippen LogP contribution in [0.4, 0.5) is 4.39 Å². The molecule has 1 nitrogen and oxygen atoms in total. The summed E-state index contributed by atoms with van der Waals surface area (Å²) in [6.07, 6.45) is 5.43. The Morgan fingerprint density at radius 2 is 1.94 bits per heavy atom. The smallest absolute Gasteiger partial charge is 0.137 e. The highest BCUT2D eigenvalue weighted by atomic mass is 79.9. The van der Waals surface area contributed by atoms with Crippen LogP contribution >= 0.6 is 15.9 Å². The summed E-state index contributed by atoms with van der Waals surface area (Å²) < 4.78 is 13.9. The molecule has 1 aromatic carbocycles. The first kappa shape index (κ1) is 12.6. The van der Waals surface area contributed by atoms with Gasteiger partial charge in [-0.05, 0) is 64.6 Å². The molecular formula is C15H18BrFO. The van der Waals surface area contributed by atoms with Crippen LogP contribution in [0.5, 0.6) is 0 Å². The van der Waals surface area contributed by atoms with Gasteiger partial charge in [-0.25, -0.2) is 4.39 Å². The zero-order valence-electron chi connectivity index (χ0n) is 10.3. The zero-order chi connectivity index (χ0) is 12.7. The highest BCUT2D eigenvalue weighted by Crippen LogP contribution is 2.57. The van der Waals surface area contributed by atoms with Crippen LogP contribution in [0.25, 0.3) is 0 Å². The number of hydrogen-bond acceptors (Lipinski definition) is 1. The second-order valence-corrected chi connectivity index (χ2v) is 6.47. The minimum absolute atomic E-state index is 0.243. The highest BCUT2D eigenvalue weighted by Gasteiger charge is 2.53. The first-order valence-electron chi connectivity index (χ1n) is 6.79. The van der Waals surface area contributed by atoms with E-state index in [1.807, 2.05) is 6.07 Å². The molecule has 0 saturated heterocycles. The van der Waals surface area contributed by atoms with Gasteiger partial charge < -0.3 is 5.11 Å². The van der Waals surface area contributed by atoms with Crippen molar-refractivity contribution in [1.29, 1.82) is 0 Å². The summed E-state index contributed by atoms with van der Waals surface area (Å²) in [6, 6.07) is 5.04. The Kier molecular flexibility index (Phi) is 3.46. The standard InChI is InChI=1S/C15H18BrFO/c16-15-9(4-3-7-12(15)17)8-13(18)14-10-5-1-2-6-11(10)14/h3-4,7,10-11,13-14,18H,1-2,5-6,8H2. The van der Waals surface area contributed by atoms with Gasteiger partial charge in [0.2, 0.25) is 0 Å². The third kappa shape index (κ3) is 2.23. The molecule has 0 aliphatic heterocycles. The topological polar surface area (TPSA) is 20.2 Å². The molecule has 2 saturated carbocycles. The molecule has 0 heterocycles. The van der Waals surface area contributed by atoms with Crippen molar-refractivity contribution in [1.82, 2.24) is 0 Å². The van der Waals surface area contributed by atoms with Crippen molar-refractivity contribution in [2.45, 2.75) is 38.2 Å². The van der Waals surface area contributed by atoms with Crippen molar-refractivity contribution >= 4 is 15.9 Å². The third-order valence-corrected chi connectivity index (χ3v) is 5.52. The summed E-state index contributed by atoms with van der Waals surface area (Å²) in [5.41, 5.74) is 0.881. The molecule has 98 valence electrons. The molecule has 0 aromatic heterocycles. The first-order chi connectivity index (χ1) is 8.68. The summed E-state index contributed by atoms with van der Waals surface area (Å²) in [4.78, 5) is 0. The lowest BCUT2D eigenvalue weighted by molar-refractivity contribution is 0.140. The van der Waals surface area contributed by atoms with E-state index in [-0.39, 0.29) is 11.9 Å². The van der Waals surface area contributed by atoms with Gasteiger partial charge in [-0.1, -0.05) is 25.0 Å². The maximum atomic E-state index is 13.4. The van der Waals surface area contributed by atoms with E-state index in [0.29, 0.717) is 16.8 Å². The molecule has 2 aliphatic carbocycles. The number of hydrogen-bond donors (Lipinski definition) is 1. The molecule has 0 bridgehead atoms.